The van der Waals surface area contributed by atoms with Crippen molar-refractivity contribution in [2.24, 2.45) is 5.92 Å². The molecule has 2 aromatic rings. The number of nitrogens with one attached hydrogen (secondary N) is 2. The standard InChI is InChI=1S/C22H24ClN3O3/c1-14-5-7-16(8-6-14)22(29)26-11-3-4-17(13-26)21(28)25-20-10-9-18(12-19(20)23)24-15(2)27/h5-10,12,17H,3-4,11,13H2,1-2H3,(H,24,27)(H,25,28). The van der Waals surface area contributed by atoms with Crippen LogP contribution >= 0.6 is 11.6 Å². The quantitative estimate of drug-likeness (QED) is 0.792. The van der Waals surface area contributed by atoms with E-state index < -0.39 is 0 Å². The van der Waals surface area contributed by atoms with Crippen molar-refractivity contribution in [3.63, 3.8) is 0 Å². The molecule has 1 aliphatic rings. The number of aryl methyl sites for hydroxylation is 1. The Kier molecular flexibility index (Phi) is 6.54. The maximum Gasteiger partial charge on any atom is 0.253 e. The van der Waals surface area contributed by atoms with Crippen molar-refractivity contribution < 1.29 is 14.4 Å². The molecule has 2 N–H and O–H groups in total. The maximum absolute atomic E-state index is 12.8. The van der Waals surface area contributed by atoms with E-state index in [4.69, 9.17) is 11.6 Å². The van der Waals surface area contributed by atoms with Crippen LogP contribution in [0, 0.1) is 12.8 Å². The highest BCUT2D eigenvalue weighted by Crippen LogP contribution is 2.27. The Morgan fingerprint density at radius 2 is 1.79 bits per heavy atom. The molecule has 0 spiro atoms. The van der Waals surface area contributed by atoms with Gasteiger partial charge in [-0.05, 0) is 50.1 Å². The van der Waals surface area contributed by atoms with E-state index in [-0.39, 0.29) is 23.6 Å². The van der Waals surface area contributed by atoms with E-state index in [1.165, 1.54) is 6.92 Å². The second-order valence-electron chi connectivity index (χ2n) is 7.32. The molecule has 1 fully saturated rings. The van der Waals surface area contributed by atoms with Crippen molar-refractivity contribution in [2.45, 2.75) is 26.7 Å². The summed E-state index contributed by atoms with van der Waals surface area (Å²) in [7, 11) is 0. The zero-order valence-corrected chi connectivity index (χ0v) is 17.3. The third kappa shape index (κ3) is 5.35. The lowest BCUT2D eigenvalue weighted by atomic mass is 9.96. The van der Waals surface area contributed by atoms with Gasteiger partial charge in [-0.25, -0.2) is 0 Å². The number of likely N-dealkylation sites (tertiary alicyclic amines) is 1. The molecule has 7 heteroatoms. The molecule has 29 heavy (non-hydrogen) atoms. The molecule has 1 saturated heterocycles. The largest absolute Gasteiger partial charge is 0.338 e. The number of benzene rings is 2. The first-order chi connectivity index (χ1) is 13.8. The number of piperidine rings is 1. The number of rotatable bonds is 4. The van der Waals surface area contributed by atoms with Crippen LogP contribution in [0.2, 0.25) is 5.02 Å². The van der Waals surface area contributed by atoms with Crippen molar-refractivity contribution in [3.05, 3.63) is 58.6 Å². The van der Waals surface area contributed by atoms with Crippen LogP contribution in [0.1, 0.15) is 35.7 Å². The fourth-order valence-corrected chi connectivity index (χ4v) is 3.61. The SMILES string of the molecule is CC(=O)Nc1ccc(NC(=O)C2CCCN(C(=O)c3ccc(C)cc3)C2)c(Cl)c1. The summed E-state index contributed by atoms with van der Waals surface area (Å²) >= 11 is 6.24. The van der Waals surface area contributed by atoms with Gasteiger partial charge >= 0.3 is 0 Å². The highest BCUT2D eigenvalue weighted by molar-refractivity contribution is 6.34. The summed E-state index contributed by atoms with van der Waals surface area (Å²) < 4.78 is 0. The van der Waals surface area contributed by atoms with Crippen LogP contribution in [0.15, 0.2) is 42.5 Å². The van der Waals surface area contributed by atoms with E-state index in [0.717, 1.165) is 12.0 Å². The van der Waals surface area contributed by atoms with Gasteiger partial charge < -0.3 is 15.5 Å². The summed E-state index contributed by atoms with van der Waals surface area (Å²) in [6, 6.07) is 12.4. The summed E-state index contributed by atoms with van der Waals surface area (Å²) in [6.07, 6.45) is 1.48. The normalized spacial score (nSPS) is 16.2. The van der Waals surface area contributed by atoms with Crippen LogP contribution in [0.5, 0.6) is 0 Å². The van der Waals surface area contributed by atoms with Gasteiger partial charge in [0, 0.05) is 31.3 Å². The maximum atomic E-state index is 12.8. The molecule has 6 nitrogen and oxygen atoms in total. The van der Waals surface area contributed by atoms with Crippen molar-refractivity contribution in [3.8, 4) is 0 Å². The third-order valence-corrected chi connectivity index (χ3v) is 5.24. The number of halogens is 1. The average Bonchev–Trinajstić information content (AvgIpc) is 2.69. The number of carbonyl (C=O) groups is 3. The summed E-state index contributed by atoms with van der Waals surface area (Å²) in [5.74, 6) is -0.719. The molecular formula is C22H24ClN3O3. The van der Waals surface area contributed by atoms with E-state index in [1.54, 1.807) is 23.1 Å². The highest BCUT2D eigenvalue weighted by Gasteiger charge is 2.29. The van der Waals surface area contributed by atoms with Crippen LogP contribution < -0.4 is 10.6 Å². The lowest BCUT2D eigenvalue weighted by molar-refractivity contribution is -0.121. The van der Waals surface area contributed by atoms with Crippen molar-refractivity contribution >= 4 is 40.7 Å². The fraction of sp³-hybridized carbons (Fsp3) is 0.318. The van der Waals surface area contributed by atoms with Gasteiger partial charge in [-0.3, -0.25) is 14.4 Å². The molecule has 0 aromatic heterocycles. The van der Waals surface area contributed by atoms with E-state index in [2.05, 4.69) is 10.6 Å². The van der Waals surface area contributed by atoms with Gasteiger partial charge in [0.05, 0.1) is 16.6 Å². The van der Waals surface area contributed by atoms with Gasteiger partial charge in [0.25, 0.3) is 5.91 Å². The zero-order chi connectivity index (χ0) is 21.0. The van der Waals surface area contributed by atoms with Gasteiger partial charge in [-0.15, -0.1) is 0 Å². The number of nitrogens with zero attached hydrogens (tertiary/aromatic N) is 1. The molecular weight excluding hydrogens is 390 g/mol. The van der Waals surface area contributed by atoms with Gasteiger partial charge in [0.2, 0.25) is 11.8 Å². The molecule has 152 valence electrons. The van der Waals surface area contributed by atoms with Gasteiger partial charge in [-0.1, -0.05) is 29.3 Å². The third-order valence-electron chi connectivity index (χ3n) is 4.93. The van der Waals surface area contributed by atoms with E-state index in [1.807, 2.05) is 31.2 Å². The Balaban J connectivity index is 1.64. The number of anilines is 2. The minimum atomic E-state index is -0.302. The minimum absolute atomic E-state index is 0.0554. The van der Waals surface area contributed by atoms with Crippen molar-refractivity contribution in [2.75, 3.05) is 23.7 Å². The van der Waals surface area contributed by atoms with Crippen LogP contribution in [0.4, 0.5) is 11.4 Å². The predicted octanol–water partition coefficient (Wildman–Crippen LogP) is 4.10. The Labute approximate surface area is 175 Å². The minimum Gasteiger partial charge on any atom is -0.338 e. The first-order valence-corrected chi connectivity index (χ1v) is 9.95. The number of hydrogen-bond donors (Lipinski definition) is 2. The molecule has 3 amide bonds. The number of amides is 3. The summed E-state index contributed by atoms with van der Waals surface area (Å²) in [5, 5.41) is 5.83. The molecule has 0 saturated carbocycles. The summed E-state index contributed by atoms with van der Waals surface area (Å²) in [4.78, 5) is 38.4. The Hall–Kier alpha value is -2.86. The van der Waals surface area contributed by atoms with E-state index >= 15 is 0 Å². The van der Waals surface area contributed by atoms with E-state index in [0.29, 0.717) is 41.5 Å². The first kappa shape index (κ1) is 20.9. The molecule has 1 atom stereocenters. The predicted molar refractivity (Wildman–Crippen MR) is 114 cm³/mol. The van der Waals surface area contributed by atoms with E-state index in [9.17, 15) is 14.4 Å². The van der Waals surface area contributed by atoms with Gasteiger partial charge in [0.15, 0.2) is 0 Å². The second-order valence-corrected chi connectivity index (χ2v) is 7.73. The van der Waals surface area contributed by atoms with Crippen LogP contribution in [0.3, 0.4) is 0 Å². The van der Waals surface area contributed by atoms with Gasteiger partial charge in [-0.2, -0.15) is 0 Å². The van der Waals surface area contributed by atoms with Crippen molar-refractivity contribution in [1.82, 2.24) is 4.90 Å². The topological polar surface area (TPSA) is 78.5 Å². The summed E-state index contributed by atoms with van der Waals surface area (Å²) in [5.41, 5.74) is 2.77. The Morgan fingerprint density at radius 1 is 1.07 bits per heavy atom. The summed E-state index contributed by atoms with van der Waals surface area (Å²) in [6.45, 7) is 4.41. The van der Waals surface area contributed by atoms with Crippen LogP contribution in [-0.4, -0.2) is 35.7 Å². The lowest BCUT2D eigenvalue weighted by Crippen LogP contribution is -2.43. The Bertz CT molecular complexity index is 927. The zero-order valence-electron chi connectivity index (χ0n) is 16.5. The first-order valence-electron chi connectivity index (χ1n) is 9.57. The second kappa shape index (κ2) is 9.09. The fourth-order valence-electron chi connectivity index (χ4n) is 3.39. The van der Waals surface area contributed by atoms with Crippen LogP contribution in [-0.2, 0) is 9.59 Å². The van der Waals surface area contributed by atoms with Crippen LogP contribution in [0.25, 0.3) is 0 Å². The molecule has 1 aliphatic heterocycles. The molecule has 1 heterocycles. The number of carbonyl (C=O) groups excluding carboxylic acids is 3. The molecule has 0 radical (unpaired) electrons. The Morgan fingerprint density at radius 3 is 2.45 bits per heavy atom. The smallest absolute Gasteiger partial charge is 0.253 e. The number of hydrogen-bond acceptors (Lipinski definition) is 3. The molecule has 1 unspecified atom stereocenters. The monoisotopic (exact) mass is 413 g/mol. The van der Waals surface area contributed by atoms with Crippen molar-refractivity contribution in [1.29, 1.82) is 0 Å². The highest BCUT2D eigenvalue weighted by atomic mass is 35.5. The van der Waals surface area contributed by atoms with Gasteiger partial charge in [0.1, 0.15) is 0 Å². The molecule has 2 aromatic carbocycles. The average molecular weight is 414 g/mol. The molecule has 3 rings (SSSR count). The molecule has 0 bridgehead atoms. The lowest BCUT2D eigenvalue weighted by Gasteiger charge is -2.32. The molecule has 0 aliphatic carbocycles.